The van der Waals surface area contributed by atoms with E-state index in [1.54, 1.807) is 6.92 Å². The minimum Gasteiger partial charge on any atom is -0.389 e. The van der Waals surface area contributed by atoms with Crippen LogP contribution < -0.4 is 11.1 Å². The van der Waals surface area contributed by atoms with E-state index in [2.05, 4.69) is 5.32 Å². The van der Waals surface area contributed by atoms with Crippen molar-refractivity contribution >= 4 is 5.91 Å². The summed E-state index contributed by atoms with van der Waals surface area (Å²) in [5.74, 6) is -0.323. The summed E-state index contributed by atoms with van der Waals surface area (Å²) in [7, 11) is 0. The molecule has 0 aromatic carbocycles. The number of aliphatic hydroxyl groups is 1. The Morgan fingerprint density at radius 2 is 2.23 bits per heavy atom. The Morgan fingerprint density at radius 3 is 2.62 bits per heavy atom. The van der Waals surface area contributed by atoms with Crippen molar-refractivity contribution < 1.29 is 9.90 Å². The quantitative estimate of drug-likeness (QED) is 0.549. The maximum atomic E-state index is 10.5. The zero-order valence-corrected chi connectivity index (χ0v) is 8.63. The van der Waals surface area contributed by atoms with Crippen LogP contribution in [0.15, 0.2) is 0 Å². The van der Waals surface area contributed by atoms with Crippen LogP contribution in [-0.4, -0.2) is 29.2 Å². The Morgan fingerprint density at radius 1 is 1.69 bits per heavy atom. The van der Waals surface area contributed by atoms with E-state index in [9.17, 15) is 9.90 Å². The van der Waals surface area contributed by atoms with Crippen LogP contribution in [0.25, 0.3) is 0 Å². The molecule has 4 nitrogen and oxygen atoms in total. The molecule has 78 valence electrons. The molecule has 4 N–H and O–H groups in total. The molecule has 0 aliphatic carbocycles. The first-order valence-corrected chi connectivity index (χ1v) is 4.61. The van der Waals surface area contributed by atoms with Crippen LogP contribution >= 0.6 is 0 Å². The van der Waals surface area contributed by atoms with E-state index in [0.29, 0.717) is 19.4 Å². The molecule has 0 heterocycles. The van der Waals surface area contributed by atoms with Gasteiger partial charge in [0.1, 0.15) is 0 Å². The van der Waals surface area contributed by atoms with Crippen molar-refractivity contribution in [3.05, 3.63) is 0 Å². The van der Waals surface area contributed by atoms with Gasteiger partial charge in [-0.15, -0.1) is 0 Å². The molecule has 0 aromatic rings. The Bertz CT molecular complexity index is 169. The van der Waals surface area contributed by atoms with Gasteiger partial charge in [-0.25, -0.2) is 0 Å². The van der Waals surface area contributed by atoms with Gasteiger partial charge in [-0.05, 0) is 20.3 Å². The average Bonchev–Trinajstić information content (AvgIpc) is 2.00. The van der Waals surface area contributed by atoms with Gasteiger partial charge in [-0.3, -0.25) is 4.79 Å². The molecule has 1 amide bonds. The Balaban J connectivity index is 3.69. The van der Waals surface area contributed by atoms with E-state index in [1.165, 1.54) is 0 Å². The predicted octanol–water partition coefficient (Wildman–Crippen LogP) is 0.000900. The van der Waals surface area contributed by atoms with E-state index in [-0.39, 0.29) is 11.9 Å². The molecule has 4 heteroatoms. The Labute approximate surface area is 79.5 Å². The van der Waals surface area contributed by atoms with E-state index < -0.39 is 5.60 Å². The lowest BCUT2D eigenvalue weighted by Gasteiger charge is -2.24. The zero-order valence-electron chi connectivity index (χ0n) is 8.63. The topological polar surface area (TPSA) is 75.3 Å². The van der Waals surface area contributed by atoms with Gasteiger partial charge in [0.15, 0.2) is 0 Å². The number of carbonyl (C=O) groups excluding carboxylic acids is 1. The van der Waals surface area contributed by atoms with Crippen LogP contribution in [0, 0.1) is 0 Å². The molecule has 2 unspecified atom stereocenters. The van der Waals surface area contributed by atoms with Crippen LogP contribution in [0.3, 0.4) is 0 Å². The highest BCUT2D eigenvalue weighted by Crippen LogP contribution is 2.06. The molecule has 0 aromatic heterocycles. The first kappa shape index (κ1) is 12.4. The third-order valence-corrected chi connectivity index (χ3v) is 2.10. The van der Waals surface area contributed by atoms with Gasteiger partial charge in [0.2, 0.25) is 5.91 Å². The van der Waals surface area contributed by atoms with E-state index in [1.807, 2.05) is 13.8 Å². The highest BCUT2D eigenvalue weighted by molar-refractivity contribution is 5.74. The van der Waals surface area contributed by atoms with Crippen LogP contribution in [0.4, 0.5) is 0 Å². The maximum absolute atomic E-state index is 10.5. The van der Waals surface area contributed by atoms with Crippen molar-refractivity contribution in [3.8, 4) is 0 Å². The number of carbonyl (C=O) groups is 1. The molecule has 0 bridgehead atoms. The monoisotopic (exact) mass is 188 g/mol. The summed E-state index contributed by atoms with van der Waals surface area (Å²) in [4.78, 5) is 10.5. The van der Waals surface area contributed by atoms with Crippen molar-refractivity contribution in [2.75, 3.05) is 6.54 Å². The Kier molecular flexibility index (Phi) is 4.95. The summed E-state index contributed by atoms with van der Waals surface area (Å²) in [6.07, 6.45) is 0.989. The summed E-state index contributed by atoms with van der Waals surface area (Å²) in [6.45, 7) is 6.03. The minimum absolute atomic E-state index is 0.0236. The second kappa shape index (κ2) is 5.19. The third-order valence-electron chi connectivity index (χ3n) is 2.10. The van der Waals surface area contributed by atoms with Crippen molar-refractivity contribution in [3.63, 3.8) is 0 Å². The predicted molar refractivity (Wildman–Crippen MR) is 52.2 cm³/mol. The number of hydrogen-bond donors (Lipinski definition) is 3. The van der Waals surface area contributed by atoms with Gasteiger partial charge in [0.05, 0.1) is 5.60 Å². The van der Waals surface area contributed by atoms with Gasteiger partial charge in [-0.2, -0.15) is 0 Å². The highest BCUT2D eigenvalue weighted by Gasteiger charge is 2.18. The highest BCUT2D eigenvalue weighted by atomic mass is 16.3. The van der Waals surface area contributed by atoms with Crippen LogP contribution in [-0.2, 0) is 4.79 Å². The second-order valence-corrected chi connectivity index (χ2v) is 3.80. The zero-order chi connectivity index (χ0) is 10.5. The minimum atomic E-state index is -0.702. The van der Waals surface area contributed by atoms with Gasteiger partial charge in [0.25, 0.3) is 0 Å². The molecule has 13 heavy (non-hydrogen) atoms. The largest absolute Gasteiger partial charge is 0.389 e. The molecular weight excluding hydrogens is 168 g/mol. The summed E-state index contributed by atoms with van der Waals surface area (Å²) in [5.41, 5.74) is 4.32. The molecular formula is C9H20N2O2. The summed E-state index contributed by atoms with van der Waals surface area (Å²) >= 11 is 0. The SMILES string of the molecule is CCC(C)(O)CNC(C)CC(N)=O. The lowest BCUT2D eigenvalue weighted by Crippen LogP contribution is -2.42. The van der Waals surface area contributed by atoms with Gasteiger partial charge < -0.3 is 16.2 Å². The normalized spacial score (nSPS) is 17.8. The summed E-state index contributed by atoms with van der Waals surface area (Å²) in [6, 6.07) is 0.0236. The fourth-order valence-electron chi connectivity index (χ4n) is 0.893. The first-order valence-electron chi connectivity index (χ1n) is 4.61. The van der Waals surface area contributed by atoms with Crippen molar-refractivity contribution in [1.82, 2.24) is 5.32 Å². The maximum Gasteiger partial charge on any atom is 0.218 e. The fraction of sp³-hybridized carbons (Fsp3) is 0.889. The van der Waals surface area contributed by atoms with Crippen LogP contribution in [0.1, 0.15) is 33.6 Å². The smallest absolute Gasteiger partial charge is 0.218 e. The number of nitrogens with one attached hydrogen (secondary N) is 1. The van der Waals surface area contributed by atoms with E-state index in [4.69, 9.17) is 5.73 Å². The number of amides is 1. The molecule has 2 atom stereocenters. The van der Waals surface area contributed by atoms with Crippen molar-refractivity contribution in [2.45, 2.75) is 45.3 Å². The third kappa shape index (κ3) is 6.54. The molecule has 0 aliphatic rings. The van der Waals surface area contributed by atoms with Gasteiger partial charge in [-0.1, -0.05) is 6.92 Å². The number of nitrogens with two attached hydrogens (primary N) is 1. The number of rotatable bonds is 6. The second-order valence-electron chi connectivity index (χ2n) is 3.80. The molecule has 0 rings (SSSR count). The average molecular weight is 188 g/mol. The van der Waals surface area contributed by atoms with Gasteiger partial charge >= 0.3 is 0 Å². The summed E-state index contributed by atoms with van der Waals surface area (Å²) in [5, 5.41) is 12.7. The van der Waals surface area contributed by atoms with Crippen LogP contribution in [0.5, 0.6) is 0 Å². The number of hydrogen-bond acceptors (Lipinski definition) is 3. The van der Waals surface area contributed by atoms with Gasteiger partial charge in [0, 0.05) is 19.0 Å². The fourth-order valence-corrected chi connectivity index (χ4v) is 0.893. The summed E-state index contributed by atoms with van der Waals surface area (Å²) < 4.78 is 0. The lowest BCUT2D eigenvalue weighted by molar-refractivity contribution is -0.118. The Hall–Kier alpha value is -0.610. The van der Waals surface area contributed by atoms with E-state index >= 15 is 0 Å². The molecule has 0 saturated heterocycles. The molecule has 0 aliphatic heterocycles. The molecule has 0 radical (unpaired) electrons. The molecule has 0 saturated carbocycles. The number of primary amides is 1. The first-order chi connectivity index (χ1) is 5.87. The molecule has 0 fully saturated rings. The van der Waals surface area contributed by atoms with E-state index in [0.717, 1.165) is 0 Å². The van der Waals surface area contributed by atoms with Crippen molar-refractivity contribution in [1.29, 1.82) is 0 Å². The van der Waals surface area contributed by atoms with Crippen molar-refractivity contribution in [2.24, 2.45) is 5.73 Å². The lowest BCUT2D eigenvalue weighted by atomic mass is 10.0. The molecule has 0 spiro atoms. The standard InChI is InChI=1S/C9H20N2O2/c1-4-9(3,13)6-11-7(2)5-8(10)12/h7,11,13H,4-6H2,1-3H3,(H2,10,12). The van der Waals surface area contributed by atoms with Crippen LogP contribution in [0.2, 0.25) is 0 Å².